The number of aryl methyl sites for hydroxylation is 1. The van der Waals surface area contributed by atoms with Gasteiger partial charge in [0, 0.05) is 33.1 Å². The summed E-state index contributed by atoms with van der Waals surface area (Å²) in [6.45, 7) is 8.93. The number of halogens is 1. The van der Waals surface area contributed by atoms with Crippen molar-refractivity contribution in [2.24, 2.45) is 0 Å². The molecule has 0 amide bonds. The smallest absolute Gasteiger partial charge is 0.192 e. The van der Waals surface area contributed by atoms with E-state index in [2.05, 4.69) is 40.6 Å². The highest BCUT2D eigenvalue weighted by Crippen LogP contribution is 2.33. The summed E-state index contributed by atoms with van der Waals surface area (Å²) in [4.78, 5) is 1.35. The summed E-state index contributed by atoms with van der Waals surface area (Å²) >= 11 is 9.41. The largest absolute Gasteiger partial charge is 0.298 e. The lowest BCUT2D eigenvalue weighted by Gasteiger charge is -2.08. The maximum Gasteiger partial charge on any atom is 0.192 e. The van der Waals surface area contributed by atoms with Gasteiger partial charge in [-0.15, -0.1) is 28.1 Å². The van der Waals surface area contributed by atoms with Gasteiger partial charge in [-0.1, -0.05) is 48.5 Å². The Morgan fingerprint density at radius 3 is 2.72 bits per heavy atom. The molecule has 130 valence electrons. The highest BCUT2D eigenvalue weighted by molar-refractivity contribution is 7.98. The van der Waals surface area contributed by atoms with E-state index in [-0.39, 0.29) is 0 Å². The Morgan fingerprint density at radius 1 is 1.28 bits per heavy atom. The number of thioether (sulfide) groups is 1. The molecule has 6 heteroatoms. The molecule has 0 unspecified atom stereocenters. The Balaban J connectivity index is 1.89. The molecule has 0 aliphatic carbocycles. The van der Waals surface area contributed by atoms with Gasteiger partial charge in [-0.2, -0.15) is 0 Å². The zero-order valence-corrected chi connectivity index (χ0v) is 16.7. The van der Waals surface area contributed by atoms with Crippen LogP contribution in [-0.4, -0.2) is 14.8 Å². The zero-order valence-electron chi connectivity index (χ0n) is 14.3. The van der Waals surface area contributed by atoms with E-state index < -0.39 is 0 Å². The highest BCUT2D eigenvalue weighted by Gasteiger charge is 2.18. The van der Waals surface area contributed by atoms with Crippen LogP contribution in [0.5, 0.6) is 0 Å². The Labute approximate surface area is 161 Å². The molecule has 0 saturated heterocycles. The van der Waals surface area contributed by atoms with Crippen molar-refractivity contribution in [2.75, 3.05) is 0 Å². The van der Waals surface area contributed by atoms with E-state index in [0.29, 0.717) is 6.54 Å². The van der Waals surface area contributed by atoms with Crippen LogP contribution in [0.25, 0.3) is 11.4 Å². The summed E-state index contributed by atoms with van der Waals surface area (Å²) in [5.41, 5.74) is 3.76. The van der Waals surface area contributed by atoms with Crippen LogP contribution in [0, 0.1) is 6.92 Å². The van der Waals surface area contributed by atoms with Crippen molar-refractivity contribution in [1.29, 1.82) is 0 Å². The molecule has 3 nitrogen and oxygen atoms in total. The van der Waals surface area contributed by atoms with Crippen LogP contribution < -0.4 is 0 Å². The molecule has 0 spiro atoms. The normalized spacial score (nSPS) is 11.0. The van der Waals surface area contributed by atoms with Crippen molar-refractivity contribution in [1.82, 2.24) is 14.8 Å². The Kier molecular flexibility index (Phi) is 5.99. The van der Waals surface area contributed by atoms with Crippen LogP contribution in [0.4, 0.5) is 0 Å². The third-order valence-corrected chi connectivity index (χ3v) is 6.25. The Morgan fingerprint density at radius 2 is 2.04 bits per heavy atom. The molecule has 0 radical (unpaired) electrons. The maximum atomic E-state index is 5.95. The fourth-order valence-electron chi connectivity index (χ4n) is 2.72. The van der Waals surface area contributed by atoms with Gasteiger partial charge in [0.15, 0.2) is 11.0 Å². The second kappa shape index (κ2) is 8.21. The summed E-state index contributed by atoms with van der Waals surface area (Å²) in [6.07, 6.45) is 2.89. The number of aromatic nitrogens is 3. The summed E-state index contributed by atoms with van der Waals surface area (Å²) in [5, 5.41) is 12.8. The molecule has 0 N–H and O–H groups in total. The second-order valence-electron chi connectivity index (χ2n) is 5.66. The predicted molar refractivity (Wildman–Crippen MR) is 109 cm³/mol. The summed E-state index contributed by atoms with van der Waals surface area (Å²) < 4.78 is 2.15. The molecule has 2 aromatic heterocycles. The van der Waals surface area contributed by atoms with E-state index in [9.17, 15) is 0 Å². The van der Waals surface area contributed by atoms with Gasteiger partial charge in [0.05, 0.1) is 0 Å². The number of hydrogen-bond donors (Lipinski definition) is 0. The molecular weight excluding hydrogens is 370 g/mol. The highest BCUT2D eigenvalue weighted by atomic mass is 35.5. The number of rotatable bonds is 7. The minimum Gasteiger partial charge on any atom is -0.298 e. The first-order chi connectivity index (χ1) is 12.1. The standard InChI is InChI=1S/C19H20ClN3S2/c1-4-10-23-18(17-12-24-13(3)16(17)5-2)21-22-19(23)25-11-14-6-8-15(20)9-7-14/h4,6-9,12H,1,5,10-11H2,2-3H3. The van der Waals surface area contributed by atoms with Gasteiger partial charge in [0.25, 0.3) is 0 Å². The van der Waals surface area contributed by atoms with Crippen LogP contribution in [0.15, 0.2) is 47.5 Å². The molecule has 0 aliphatic rings. The van der Waals surface area contributed by atoms with E-state index in [4.69, 9.17) is 11.6 Å². The van der Waals surface area contributed by atoms with E-state index in [1.165, 1.54) is 21.6 Å². The third kappa shape index (κ3) is 4.00. The van der Waals surface area contributed by atoms with Crippen molar-refractivity contribution in [2.45, 2.75) is 37.7 Å². The summed E-state index contributed by atoms with van der Waals surface area (Å²) in [6, 6.07) is 7.92. The number of allylic oxidation sites excluding steroid dienone is 1. The molecule has 2 heterocycles. The molecule has 0 bridgehead atoms. The molecule has 0 fully saturated rings. The number of thiophene rings is 1. The van der Waals surface area contributed by atoms with E-state index in [1.54, 1.807) is 23.1 Å². The van der Waals surface area contributed by atoms with Crippen LogP contribution >= 0.6 is 34.7 Å². The average molecular weight is 390 g/mol. The van der Waals surface area contributed by atoms with Crippen molar-refractivity contribution in [3.8, 4) is 11.4 Å². The van der Waals surface area contributed by atoms with Crippen molar-refractivity contribution in [3.63, 3.8) is 0 Å². The number of nitrogens with zero attached hydrogens (tertiary/aromatic N) is 3. The molecule has 25 heavy (non-hydrogen) atoms. The van der Waals surface area contributed by atoms with Gasteiger partial charge >= 0.3 is 0 Å². The third-order valence-electron chi connectivity index (χ3n) is 4.01. The summed E-state index contributed by atoms with van der Waals surface area (Å²) in [7, 11) is 0. The second-order valence-corrected chi connectivity index (χ2v) is 8.12. The Hall–Kier alpha value is -1.56. The molecule has 3 aromatic rings. The van der Waals surface area contributed by atoms with Crippen molar-refractivity contribution in [3.05, 3.63) is 63.3 Å². The van der Waals surface area contributed by atoms with Gasteiger partial charge in [-0.3, -0.25) is 4.57 Å². The van der Waals surface area contributed by atoms with Crippen LogP contribution in [0.1, 0.15) is 22.9 Å². The molecule has 1 aromatic carbocycles. The lowest BCUT2D eigenvalue weighted by molar-refractivity contribution is 0.730. The topological polar surface area (TPSA) is 30.7 Å². The summed E-state index contributed by atoms with van der Waals surface area (Å²) in [5.74, 6) is 1.76. The zero-order chi connectivity index (χ0) is 17.8. The number of benzene rings is 1. The number of hydrogen-bond acceptors (Lipinski definition) is 4. The quantitative estimate of drug-likeness (QED) is 0.366. The molecule has 0 saturated carbocycles. The van der Waals surface area contributed by atoms with Crippen LogP contribution in [0.3, 0.4) is 0 Å². The minimum absolute atomic E-state index is 0.698. The first kappa shape index (κ1) is 18.2. The average Bonchev–Trinajstić information content (AvgIpc) is 3.17. The van der Waals surface area contributed by atoms with Crippen molar-refractivity contribution < 1.29 is 0 Å². The fourth-order valence-corrected chi connectivity index (χ4v) is 4.69. The Bertz CT molecular complexity index is 865. The molecule has 0 atom stereocenters. The molecule has 0 aliphatic heterocycles. The first-order valence-corrected chi connectivity index (χ1v) is 10.4. The maximum absolute atomic E-state index is 5.95. The van der Waals surface area contributed by atoms with E-state index in [0.717, 1.165) is 28.2 Å². The lowest BCUT2D eigenvalue weighted by Crippen LogP contribution is -2.01. The fraction of sp³-hybridized carbons (Fsp3) is 0.263. The van der Waals surface area contributed by atoms with Crippen molar-refractivity contribution >= 4 is 34.7 Å². The van der Waals surface area contributed by atoms with Gasteiger partial charge in [-0.25, -0.2) is 0 Å². The van der Waals surface area contributed by atoms with Gasteiger partial charge in [0.2, 0.25) is 0 Å². The SMILES string of the molecule is C=CCn1c(SCc2ccc(Cl)cc2)nnc1-c1csc(C)c1CC. The molecule has 3 rings (SSSR count). The minimum atomic E-state index is 0.698. The molecular formula is C19H20ClN3S2. The van der Waals surface area contributed by atoms with E-state index >= 15 is 0 Å². The van der Waals surface area contributed by atoms with Crippen LogP contribution in [-0.2, 0) is 18.7 Å². The van der Waals surface area contributed by atoms with Gasteiger partial charge in [0.1, 0.15) is 0 Å². The van der Waals surface area contributed by atoms with E-state index in [1.807, 2.05) is 30.3 Å². The predicted octanol–water partition coefficient (Wildman–Crippen LogP) is 6.01. The lowest BCUT2D eigenvalue weighted by atomic mass is 10.1. The first-order valence-electron chi connectivity index (χ1n) is 8.12. The monoisotopic (exact) mass is 389 g/mol. The van der Waals surface area contributed by atoms with Gasteiger partial charge < -0.3 is 0 Å². The van der Waals surface area contributed by atoms with Gasteiger partial charge in [-0.05, 0) is 36.6 Å². The van der Waals surface area contributed by atoms with Crippen LogP contribution in [0.2, 0.25) is 5.02 Å².